The van der Waals surface area contributed by atoms with Gasteiger partial charge in [0.2, 0.25) is 5.91 Å². The van der Waals surface area contributed by atoms with Crippen molar-refractivity contribution in [2.75, 3.05) is 0 Å². The number of nitrogens with zero attached hydrogens (tertiary/aromatic N) is 2. The maximum atomic E-state index is 13.2. The quantitative estimate of drug-likeness (QED) is 0.295. The molecule has 0 saturated carbocycles. The number of benzene rings is 3. The van der Waals surface area contributed by atoms with Crippen LogP contribution in [-0.4, -0.2) is 27.0 Å². The molecule has 0 spiro atoms. The highest BCUT2D eigenvalue weighted by Crippen LogP contribution is 2.22. The minimum atomic E-state index is -0.974. The van der Waals surface area contributed by atoms with Crippen molar-refractivity contribution in [3.05, 3.63) is 112 Å². The van der Waals surface area contributed by atoms with E-state index in [1.165, 1.54) is 0 Å². The van der Waals surface area contributed by atoms with Crippen LogP contribution in [0.1, 0.15) is 33.7 Å². The van der Waals surface area contributed by atoms with E-state index in [2.05, 4.69) is 21.1 Å². The molecule has 172 valence electrons. The molecule has 7 heteroatoms. The number of aryl methyl sites for hydroxylation is 1. The lowest BCUT2D eigenvalue weighted by Gasteiger charge is -2.23. The van der Waals surface area contributed by atoms with E-state index in [1.54, 1.807) is 29.2 Å². The van der Waals surface area contributed by atoms with Crippen molar-refractivity contribution in [3.63, 3.8) is 0 Å². The zero-order valence-corrected chi connectivity index (χ0v) is 19.9. The summed E-state index contributed by atoms with van der Waals surface area (Å²) >= 11 is 3.42. The molecular weight excluding hydrogens is 496 g/mol. The number of aromatic carboxylic acids is 1. The van der Waals surface area contributed by atoms with Gasteiger partial charge < -0.3 is 14.5 Å². The van der Waals surface area contributed by atoms with Crippen molar-refractivity contribution in [1.82, 2.24) is 10.1 Å². The highest BCUT2D eigenvalue weighted by molar-refractivity contribution is 9.10. The molecule has 1 N–H and O–H groups in total. The molecule has 0 aliphatic heterocycles. The van der Waals surface area contributed by atoms with Crippen molar-refractivity contribution in [2.24, 2.45) is 0 Å². The summed E-state index contributed by atoms with van der Waals surface area (Å²) in [5.41, 5.74) is 3.79. The Hall–Kier alpha value is -3.71. The van der Waals surface area contributed by atoms with E-state index in [0.29, 0.717) is 25.3 Å². The van der Waals surface area contributed by atoms with Crippen LogP contribution in [0.15, 0.2) is 93.9 Å². The average Bonchev–Trinajstić information content (AvgIpc) is 3.32. The molecule has 1 heterocycles. The highest BCUT2D eigenvalue weighted by Gasteiger charge is 2.17. The van der Waals surface area contributed by atoms with Crippen LogP contribution in [0.5, 0.6) is 0 Å². The van der Waals surface area contributed by atoms with E-state index in [0.717, 1.165) is 26.9 Å². The van der Waals surface area contributed by atoms with Crippen LogP contribution < -0.4 is 0 Å². The third-order valence-corrected chi connectivity index (χ3v) is 5.96. The first-order chi connectivity index (χ1) is 16.5. The molecule has 0 aliphatic rings. The number of carbonyl (C=O) groups excluding carboxylic acids is 1. The SMILES string of the molecule is O=C(O)c1ccc(CN(Cc2ccccc2)C(=O)CCc2cc(-c3ccc(Br)cc3)no2)cc1. The number of carboxylic acids is 1. The minimum absolute atomic E-state index is 0.0206. The molecule has 4 aromatic rings. The zero-order chi connectivity index (χ0) is 23.9. The molecule has 0 unspecified atom stereocenters. The lowest BCUT2D eigenvalue weighted by Crippen LogP contribution is -2.30. The molecule has 4 rings (SSSR count). The van der Waals surface area contributed by atoms with Crippen LogP contribution in [0.3, 0.4) is 0 Å². The van der Waals surface area contributed by atoms with Gasteiger partial charge in [-0.3, -0.25) is 4.79 Å². The number of carbonyl (C=O) groups is 2. The molecule has 0 bridgehead atoms. The summed E-state index contributed by atoms with van der Waals surface area (Å²) in [4.78, 5) is 26.1. The summed E-state index contributed by atoms with van der Waals surface area (Å²) in [7, 11) is 0. The number of hydrogen-bond acceptors (Lipinski definition) is 4. The Morgan fingerprint density at radius 1 is 0.882 bits per heavy atom. The van der Waals surface area contributed by atoms with Gasteiger partial charge in [0.1, 0.15) is 11.5 Å². The Balaban J connectivity index is 1.44. The van der Waals surface area contributed by atoms with Gasteiger partial charge in [-0.25, -0.2) is 4.79 Å². The summed E-state index contributed by atoms with van der Waals surface area (Å²) in [6.07, 6.45) is 0.709. The Morgan fingerprint density at radius 3 is 2.18 bits per heavy atom. The number of carboxylic acid groups (broad SMARTS) is 1. The van der Waals surface area contributed by atoms with Gasteiger partial charge in [-0.15, -0.1) is 0 Å². The Morgan fingerprint density at radius 2 is 1.53 bits per heavy atom. The third kappa shape index (κ3) is 6.20. The fraction of sp³-hybridized carbons (Fsp3) is 0.148. The van der Waals surface area contributed by atoms with E-state index in [4.69, 9.17) is 9.63 Å². The van der Waals surface area contributed by atoms with E-state index >= 15 is 0 Å². The molecule has 0 fully saturated rings. The van der Waals surface area contributed by atoms with Crippen molar-refractivity contribution in [1.29, 1.82) is 0 Å². The van der Waals surface area contributed by atoms with Crippen molar-refractivity contribution < 1.29 is 19.2 Å². The monoisotopic (exact) mass is 518 g/mol. The lowest BCUT2D eigenvalue weighted by molar-refractivity contribution is -0.132. The van der Waals surface area contributed by atoms with Crippen molar-refractivity contribution in [3.8, 4) is 11.3 Å². The number of aromatic nitrogens is 1. The predicted octanol–water partition coefficient (Wildman–Crippen LogP) is 5.96. The van der Waals surface area contributed by atoms with Crippen LogP contribution >= 0.6 is 15.9 Å². The number of amides is 1. The molecule has 3 aromatic carbocycles. The summed E-state index contributed by atoms with van der Waals surface area (Å²) < 4.78 is 6.45. The van der Waals surface area contributed by atoms with Crippen molar-refractivity contribution in [2.45, 2.75) is 25.9 Å². The molecular formula is C27H23BrN2O4. The van der Waals surface area contributed by atoms with Crippen LogP contribution in [-0.2, 0) is 24.3 Å². The summed E-state index contributed by atoms with van der Waals surface area (Å²) in [6.45, 7) is 0.842. The van der Waals surface area contributed by atoms with E-state index in [9.17, 15) is 9.59 Å². The van der Waals surface area contributed by atoms with Gasteiger partial charge in [0.15, 0.2) is 0 Å². The van der Waals surface area contributed by atoms with Gasteiger partial charge >= 0.3 is 5.97 Å². The fourth-order valence-electron chi connectivity index (χ4n) is 3.58. The van der Waals surface area contributed by atoms with Gasteiger partial charge in [0, 0.05) is 42.0 Å². The van der Waals surface area contributed by atoms with Crippen LogP contribution in [0, 0.1) is 0 Å². The standard InChI is InChI=1S/C27H23BrN2O4/c28-23-12-10-21(11-13-23)25-16-24(34-29-25)14-15-26(31)30(17-19-4-2-1-3-5-19)18-20-6-8-22(9-7-20)27(32)33/h1-13,16H,14-15,17-18H2,(H,32,33). The lowest BCUT2D eigenvalue weighted by atomic mass is 10.1. The molecule has 1 aromatic heterocycles. The first-order valence-electron chi connectivity index (χ1n) is 10.8. The maximum absolute atomic E-state index is 13.2. The smallest absolute Gasteiger partial charge is 0.335 e. The molecule has 34 heavy (non-hydrogen) atoms. The number of hydrogen-bond donors (Lipinski definition) is 1. The summed E-state index contributed by atoms with van der Waals surface area (Å²) in [5, 5.41) is 13.3. The van der Waals surface area contributed by atoms with E-state index < -0.39 is 5.97 Å². The third-order valence-electron chi connectivity index (χ3n) is 5.43. The first-order valence-corrected chi connectivity index (χ1v) is 11.6. The second kappa shape index (κ2) is 10.9. The Bertz CT molecular complexity index is 1250. The van der Waals surface area contributed by atoms with E-state index in [1.807, 2.05) is 60.7 Å². The van der Waals surface area contributed by atoms with Gasteiger partial charge in [-0.2, -0.15) is 0 Å². The topological polar surface area (TPSA) is 83.6 Å². The second-order valence-corrected chi connectivity index (χ2v) is 8.84. The predicted molar refractivity (Wildman–Crippen MR) is 132 cm³/mol. The van der Waals surface area contributed by atoms with Crippen LogP contribution in [0.25, 0.3) is 11.3 Å². The maximum Gasteiger partial charge on any atom is 0.335 e. The zero-order valence-electron chi connectivity index (χ0n) is 18.4. The van der Waals surface area contributed by atoms with Crippen molar-refractivity contribution >= 4 is 27.8 Å². The van der Waals surface area contributed by atoms with Crippen LogP contribution in [0.2, 0.25) is 0 Å². The summed E-state index contributed by atoms with van der Waals surface area (Å²) in [5.74, 6) is -0.345. The van der Waals surface area contributed by atoms with Gasteiger partial charge in [-0.1, -0.05) is 75.7 Å². The van der Waals surface area contributed by atoms with E-state index in [-0.39, 0.29) is 17.9 Å². The fourth-order valence-corrected chi connectivity index (χ4v) is 3.85. The van der Waals surface area contributed by atoms with Gasteiger partial charge in [0.05, 0.1) is 5.56 Å². The molecule has 0 radical (unpaired) electrons. The Labute approximate surface area is 206 Å². The normalized spacial score (nSPS) is 10.7. The molecule has 0 atom stereocenters. The van der Waals surface area contributed by atoms with Gasteiger partial charge in [-0.05, 0) is 35.4 Å². The highest BCUT2D eigenvalue weighted by atomic mass is 79.9. The largest absolute Gasteiger partial charge is 0.478 e. The molecule has 0 aliphatic carbocycles. The number of halogens is 1. The first kappa shape index (κ1) is 23.4. The number of rotatable bonds is 9. The molecule has 0 saturated heterocycles. The molecule has 1 amide bonds. The van der Waals surface area contributed by atoms with Crippen LogP contribution in [0.4, 0.5) is 0 Å². The molecule has 6 nitrogen and oxygen atoms in total. The summed E-state index contributed by atoms with van der Waals surface area (Å²) in [6, 6.07) is 26.0. The van der Waals surface area contributed by atoms with Gasteiger partial charge in [0.25, 0.3) is 0 Å². The second-order valence-electron chi connectivity index (χ2n) is 7.92. The average molecular weight is 519 g/mol. The minimum Gasteiger partial charge on any atom is -0.478 e. The Kier molecular flexibility index (Phi) is 7.54.